The summed E-state index contributed by atoms with van der Waals surface area (Å²) >= 11 is 0. The second-order valence-corrected chi connectivity index (χ2v) is 9.28. The first kappa shape index (κ1) is 25.0. The summed E-state index contributed by atoms with van der Waals surface area (Å²) in [4.78, 5) is 28.2. The van der Waals surface area contributed by atoms with Crippen molar-refractivity contribution < 1.29 is 24.2 Å². The molecule has 6 nitrogen and oxygen atoms in total. The number of aliphatic hydroxyl groups is 1. The number of aryl methyl sites for hydroxylation is 1. The monoisotopic (exact) mass is 485 g/mol. The molecule has 186 valence electrons. The maximum atomic E-state index is 13.4. The fraction of sp³-hybridized carbons (Fsp3) is 0.267. The fourth-order valence-electron chi connectivity index (χ4n) is 4.55. The van der Waals surface area contributed by atoms with Crippen LogP contribution in [0.3, 0.4) is 0 Å². The van der Waals surface area contributed by atoms with E-state index in [9.17, 15) is 14.7 Å². The molecule has 1 aliphatic heterocycles. The van der Waals surface area contributed by atoms with Gasteiger partial charge in [-0.2, -0.15) is 0 Å². The lowest BCUT2D eigenvalue weighted by molar-refractivity contribution is -0.140. The zero-order valence-corrected chi connectivity index (χ0v) is 21.2. The number of rotatable bonds is 7. The van der Waals surface area contributed by atoms with Gasteiger partial charge < -0.3 is 19.5 Å². The number of ketones is 1. The largest absolute Gasteiger partial charge is 0.507 e. The van der Waals surface area contributed by atoms with Crippen LogP contribution in [0.2, 0.25) is 0 Å². The molecule has 0 saturated carbocycles. The molecular formula is C30H31NO5. The number of methoxy groups -OCH3 is 2. The number of hydrogen-bond donors (Lipinski definition) is 1. The minimum atomic E-state index is -0.727. The molecule has 0 aliphatic carbocycles. The van der Waals surface area contributed by atoms with Gasteiger partial charge in [0.25, 0.3) is 11.7 Å². The molecule has 6 heteroatoms. The molecule has 0 spiro atoms. The third-order valence-corrected chi connectivity index (χ3v) is 6.66. The minimum Gasteiger partial charge on any atom is -0.507 e. The number of carbonyl (C=O) groups is 2. The van der Waals surface area contributed by atoms with Crippen LogP contribution < -0.4 is 9.47 Å². The van der Waals surface area contributed by atoms with Gasteiger partial charge in [-0.15, -0.1) is 0 Å². The quantitative estimate of drug-likeness (QED) is 0.262. The van der Waals surface area contributed by atoms with Crippen molar-refractivity contribution in [3.63, 3.8) is 0 Å². The summed E-state index contributed by atoms with van der Waals surface area (Å²) in [7, 11) is 3.16. The molecule has 3 aromatic carbocycles. The Morgan fingerprint density at radius 1 is 0.917 bits per heavy atom. The Kier molecular flexibility index (Phi) is 7.15. The summed E-state index contributed by atoms with van der Waals surface area (Å²) in [6.07, 6.45) is 0. The van der Waals surface area contributed by atoms with Crippen LogP contribution >= 0.6 is 0 Å². The van der Waals surface area contributed by atoms with Crippen molar-refractivity contribution in [2.75, 3.05) is 14.2 Å². The Balaban J connectivity index is 1.84. The summed E-state index contributed by atoms with van der Waals surface area (Å²) in [6.45, 7) is 6.26. The van der Waals surface area contributed by atoms with E-state index in [4.69, 9.17) is 9.47 Å². The molecule has 0 aromatic heterocycles. The number of Topliss-reactive ketones (excluding diaryl/α,β-unsaturated/α-hetero) is 1. The van der Waals surface area contributed by atoms with E-state index < -0.39 is 17.7 Å². The van der Waals surface area contributed by atoms with E-state index in [0.29, 0.717) is 23.0 Å². The molecule has 1 atom stereocenters. The molecule has 4 rings (SSSR count). The van der Waals surface area contributed by atoms with Crippen LogP contribution in [0.4, 0.5) is 0 Å². The number of nitrogens with zero attached hydrogens (tertiary/aromatic N) is 1. The lowest BCUT2D eigenvalue weighted by Gasteiger charge is -2.26. The average Bonchev–Trinajstić information content (AvgIpc) is 3.13. The highest BCUT2D eigenvalue weighted by molar-refractivity contribution is 6.46. The minimum absolute atomic E-state index is 0.0825. The van der Waals surface area contributed by atoms with Gasteiger partial charge in [0.2, 0.25) is 0 Å². The zero-order chi connectivity index (χ0) is 26.0. The molecule has 1 N–H and O–H groups in total. The smallest absolute Gasteiger partial charge is 0.295 e. The molecule has 1 fully saturated rings. The molecule has 1 aliphatic rings. The molecule has 0 bridgehead atoms. The summed E-state index contributed by atoms with van der Waals surface area (Å²) in [6, 6.07) is 19.7. The van der Waals surface area contributed by atoms with E-state index in [1.54, 1.807) is 32.4 Å². The van der Waals surface area contributed by atoms with Crippen molar-refractivity contribution in [1.82, 2.24) is 4.90 Å². The Morgan fingerprint density at radius 3 is 2.08 bits per heavy atom. The van der Waals surface area contributed by atoms with Gasteiger partial charge in [0.1, 0.15) is 17.3 Å². The second kappa shape index (κ2) is 10.3. The molecule has 0 radical (unpaired) electrons. The van der Waals surface area contributed by atoms with Gasteiger partial charge in [0.05, 0.1) is 25.8 Å². The van der Waals surface area contributed by atoms with Gasteiger partial charge in [0.15, 0.2) is 0 Å². The van der Waals surface area contributed by atoms with Crippen molar-refractivity contribution in [2.24, 2.45) is 0 Å². The fourth-order valence-corrected chi connectivity index (χ4v) is 4.55. The first-order valence-electron chi connectivity index (χ1n) is 11.9. The molecule has 1 amide bonds. The van der Waals surface area contributed by atoms with Crippen LogP contribution in [0.1, 0.15) is 53.6 Å². The van der Waals surface area contributed by atoms with Crippen molar-refractivity contribution in [3.05, 3.63) is 100 Å². The second-order valence-electron chi connectivity index (χ2n) is 9.28. The maximum absolute atomic E-state index is 13.4. The number of ether oxygens (including phenoxy) is 2. The SMILES string of the molecule is COc1ccc(CN2C(=O)C(=O)/C(=C(\O)c3ccc(OC)cc3C)C2c2ccc(C(C)C)cc2)cc1. The summed E-state index contributed by atoms with van der Waals surface area (Å²) in [5, 5.41) is 11.4. The predicted octanol–water partition coefficient (Wildman–Crippen LogP) is 5.76. The van der Waals surface area contributed by atoms with E-state index in [1.807, 2.05) is 55.5 Å². The lowest BCUT2D eigenvalue weighted by atomic mass is 9.92. The number of benzene rings is 3. The number of likely N-dealkylation sites (tertiary alicyclic amines) is 1. The Hall–Kier alpha value is -4.06. The normalized spacial score (nSPS) is 17.1. The van der Waals surface area contributed by atoms with Crippen LogP contribution in [-0.4, -0.2) is 35.9 Å². The summed E-state index contributed by atoms with van der Waals surface area (Å²) in [5.74, 6) is 0.155. The topological polar surface area (TPSA) is 76.1 Å². The van der Waals surface area contributed by atoms with Crippen LogP contribution in [-0.2, 0) is 16.1 Å². The van der Waals surface area contributed by atoms with Crippen LogP contribution in [0.25, 0.3) is 5.76 Å². The van der Waals surface area contributed by atoms with Gasteiger partial charge in [-0.25, -0.2) is 0 Å². The number of hydrogen-bond acceptors (Lipinski definition) is 5. The van der Waals surface area contributed by atoms with Crippen molar-refractivity contribution >= 4 is 17.4 Å². The molecule has 3 aromatic rings. The van der Waals surface area contributed by atoms with Crippen molar-refractivity contribution in [2.45, 2.75) is 39.3 Å². The van der Waals surface area contributed by atoms with Crippen LogP contribution in [0.15, 0.2) is 72.3 Å². The molecule has 36 heavy (non-hydrogen) atoms. The Bertz CT molecular complexity index is 1310. The van der Waals surface area contributed by atoms with Gasteiger partial charge in [-0.3, -0.25) is 9.59 Å². The third kappa shape index (κ3) is 4.71. The first-order valence-corrected chi connectivity index (χ1v) is 11.9. The van der Waals surface area contributed by atoms with Crippen LogP contribution in [0.5, 0.6) is 11.5 Å². The number of aliphatic hydroxyl groups excluding tert-OH is 1. The molecule has 1 unspecified atom stereocenters. The zero-order valence-electron chi connectivity index (χ0n) is 21.2. The first-order chi connectivity index (χ1) is 17.2. The van der Waals surface area contributed by atoms with Crippen LogP contribution in [0, 0.1) is 6.92 Å². The lowest BCUT2D eigenvalue weighted by Crippen LogP contribution is -2.29. The van der Waals surface area contributed by atoms with E-state index in [0.717, 1.165) is 22.3 Å². The van der Waals surface area contributed by atoms with E-state index in [1.165, 1.54) is 4.90 Å². The van der Waals surface area contributed by atoms with Gasteiger partial charge in [0, 0.05) is 12.1 Å². The van der Waals surface area contributed by atoms with Gasteiger partial charge in [-0.1, -0.05) is 50.2 Å². The number of amides is 1. The summed E-state index contributed by atoms with van der Waals surface area (Å²) in [5.41, 5.74) is 4.07. The highest BCUT2D eigenvalue weighted by Gasteiger charge is 2.46. The Labute approximate surface area is 211 Å². The summed E-state index contributed by atoms with van der Waals surface area (Å²) < 4.78 is 10.5. The predicted molar refractivity (Wildman–Crippen MR) is 139 cm³/mol. The average molecular weight is 486 g/mol. The molecular weight excluding hydrogens is 454 g/mol. The van der Waals surface area contributed by atoms with Gasteiger partial charge >= 0.3 is 0 Å². The van der Waals surface area contributed by atoms with Crippen molar-refractivity contribution in [3.8, 4) is 11.5 Å². The number of carbonyl (C=O) groups excluding carboxylic acids is 2. The van der Waals surface area contributed by atoms with E-state index in [2.05, 4.69) is 13.8 Å². The third-order valence-electron chi connectivity index (χ3n) is 6.66. The maximum Gasteiger partial charge on any atom is 0.295 e. The van der Waals surface area contributed by atoms with E-state index in [-0.39, 0.29) is 17.9 Å². The molecule has 1 heterocycles. The van der Waals surface area contributed by atoms with Gasteiger partial charge in [-0.05, 0) is 65.4 Å². The highest BCUT2D eigenvalue weighted by atomic mass is 16.5. The van der Waals surface area contributed by atoms with Crippen molar-refractivity contribution in [1.29, 1.82) is 0 Å². The Morgan fingerprint density at radius 2 is 1.53 bits per heavy atom. The highest BCUT2D eigenvalue weighted by Crippen LogP contribution is 2.41. The standard InChI is InChI=1S/C30H31NO5/c1-18(2)21-8-10-22(11-9-21)27-26(28(32)25-15-14-24(36-5)16-19(25)3)29(33)30(34)31(27)17-20-6-12-23(35-4)13-7-20/h6-16,18,27,32H,17H2,1-5H3/b28-26-. The molecule has 1 saturated heterocycles. The van der Waals surface area contributed by atoms with E-state index >= 15 is 0 Å².